The highest BCUT2D eigenvalue weighted by Crippen LogP contribution is 2.32. The zero-order valence-corrected chi connectivity index (χ0v) is 35.9. The normalized spacial score (nSPS) is 14.7. The largest absolute Gasteiger partial charge is 0.493 e. The van der Waals surface area contributed by atoms with Gasteiger partial charge in [-0.15, -0.1) is 0 Å². The van der Waals surface area contributed by atoms with Crippen LogP contribution in [0.1, 0.15) is 96.8 Å². The van der Waals surface area contributed by atoms with Crippen molar-refractivity contribution in [3.05, 3.63) is 65.7 Å². The predicted octanol–water partition coefficient (Wildman–Crippen LogP) is 6.06. The highest BCUT2D eigenvalue weighted by Gasteiger charge is 2.42. The summed E-state index contributed by atoms with van der Waals surface area (Å²) >= 11 is 0. The Hall–Kier alpha value is -5.93. The Balaban J connectivity index is 1.73. The molecule has 0 bridgehead atoms. The van der Waals surface area contributed by atoms with Crippen molar-refractivity contribution in [1.82, 2.24) is 9.80 Å². The maximum Gasteiger partial charge on any atom is 0.410 e. The molecule has 1 aliphatic heterocycles. The Morgan fingerprint density at radius 2 is 1.67 bits per heavy atom. The van der Waals surface area contributed by atoms with E-state index >= 15 is 0 Å². The molecule has 1 fully saturated rings. The number of benzene rings is 2. The van der Waals surface area contributed by atoms with Gasteiger partial charge >= 0.3 is 24.0 Å². The average Bonchev–Trinajstić information content (AvgIpc) is 3.20. The maximum atomic E-state index is 14.1. The van der Waals surface area contributed by atoms with E-state index in [0.29, 0.717) is 48.4 Å². The number of amides is 3. The Morgan fingerprint density at radius 3 is 2.33 bits per heavy atom. The van der Waals surface area contributed by atoms with Gasteiger partial charge in [-0.05, 0) is 109 Å². The molecule has 60 heavy (non-hydrogen) atoms. The minimum absolute atomic E-state index is 0.134. The summed E-state index contributed by atoms with van der Waals surface area (Å²) in [4.78, 5) is 92.2. The summed E-state index contributed by atoms with van der Waals surface area (Å²) in [6.07, 6.45) is 3.24. The Bertz CT molecular complexity index is 1880. The molecule has 0 unspecified atom stereocenters. The zero-order chi connectivity index (χ0) is 44.6. The molecular formula is C44H59N3O13. The highest BCUT2D eigenvalue weighted by atomic mass is 16.6. The number of Topliss-reactive ketones (excluding diaryl/α,β-unsaturated/α-hetero) is 1. The lowest BCUT2D eigenvalue weighted by Crippen LogP contribution is -2.53. The first-order chi connectivity index (χ1) is 28.2. The third-order valence-corrected chi connectivity index (χ3v) is 9.52. The van der Waals surface area contributed by atoms with Crippen LogP contribution in [0.5, 0.6) is 11.5 Å². The lowest BCUT2D eigenvalue weighted by molar-refractivity contribution is -0.165. The molecule has 2 aromatic rings. The number of nitrogens with one attached hydrogen (secondary N) is 1. The molecule has 1 aliphatic rings. The molecule has 3 amide bonds. The third kappa shape index (κ3) is 15.3. The van der Waals surface area contributed by atoms with Gasteiger partial charge in [-0.1, -0.05) is 24.3 Å². The first-order valence-corrected chi connectivity index (χ1v) is 19.9. The summed E-state index contributed by atoms with van der Waals surface area (Å²) in [5.74, 6) is -3.72. The van der Waals surface area contributed by atoms with Crippen molar-refractivity contribution in [3.8, 4) is 11.5 Å². The van der Waals surface area contributed by atoms with Crippen LogP contribution in [-0.2, 0) is 49.4 Å². The molecule has 16 nitrogen and oxygen atoms in total. The fraction of sp³-hybridized carbons (Fsp3) is 0.523. The fourth-order valence-corrected chi connectivity index (χ4v) is 6.19. The molecule has 0 aromatic heterocycles. The fourth-order valence-electron chi connectivity index (χ4n) is 6.19. The third-order valence-electron chi connectivity index (χ3n) is 9.52. The van der Waals surface area contributed by atoms with Crippen LogP contribution in [0.25, 0.3) is 0 Å². The van der Waals surface area contributed by atoms with Crippen LogP contribution in [0.2, 0.25) is 0 Å². The van der Waals surface area contributed by atoms with Gasteiger partial charge in [0, 0.05) is 38.3 Å². The average molecular weight is 838 g/mol. The van der Waals surface area contributed by atoms with Gasteiger partial charge in [0.25, 0.3) is 5.91 Å². The van der Waals surface area contributed by atoms with E-state index in [1.165, 1.54) is 50.0 Å². The van der Waals surface area contributed by atoms with Crippen LogP contribution in [0.15, 0.2) is 54.6 Å². The van der Waals surface area contributed by atoms with E-state index in [1.54, 1.807) is 58.2 Å². The molecule has 3 rings (SSSR count). The van der Waals surface area contributed by atoms with Crippen molar-refractivity contribution in [2.75, 3.05) is 46.3 Å². The lowest BCUT2D eigenvalue weighted by Gasteiger charge is -2.36. The van der Waals surface area contributed by atoms with Gasteiger partial charge in [0.1, 0.15) is 24.4 Å². The Kier molecular flexibility index (Phi) is 18.1. The summed E-state index contributed by atoms with van der Waals surface area (Å²) < 4.78 is 27.6. The summed E-state index contributed by atoms with van der Waals surface area (Å²) in [6, 6.07) is 11.0. The van der Waals surface area contributed by atoms with Crippen molar-refractivity contribution < 1.29 is 62.4 Å². The zero-order valence-electron chi connectivity index (χ0n) is 35.9. The van der Waals surface area contributed by atoms with Crippen molar-refractivity contribution in [3.63, 3.8) is 0 Å². The number of aryl methyl sites for hydroxylation is 1. The SMILES string of the molecule is COc1ccc(CC[C@@H](OC(=O)[C@@H]2CCCCN2C(=O)C(=O)C(C)(C)COC(=O)/C=C/CCN(C)C(=O)OC(C)(C)C)c2cccc(NC(=O)CCC(=O)O)c2)cc1OC. The number of likely N-dealkylation sites (tertiary alicyclic amines) is 1. The lowest BCUT2D eigenvalue weighted by atomic mass is 9.87. The number of carbonyl (C=O) groups is 7. The molecule has 2 aromatic carbocycles. The van der Waals surface area contributed by atoms with Crippen LogP contribution in [0.4, 0.5) is 10.5 Å². The monoisotopic (exact) mass is 837 g/mol. The molecule has 0 saturated carbocycles. The predicted molar refractivity (Wildman–Crippen MR) is 220 cm³/mol. The number of anilines is 1. The van der Waals surface area contributed by atoms with Crippen LogP contribution >= 0.6 is 0 Å². The van der Waals surface area contributed by atoms with E-state index in [1.807, 2.05) is 12.1 Å². The second-order valence-corrected chi connectivity index (χ2v) is 16.1. The van der Waals surface area contributed by atoms with E-state index < -0.39 is 71.4 Å². The van der Waals surface area contributed by atoms with E-state index in [0.717, 1.165) is 5.56 Å². The summed E-state index contributed by atoms with van der Waals surface area (Å²) in [5.41, 5.74) is -0.302. The molecule has 0 radical (unpaired) electrons. The van der Waals surface area contributed by atoms with Crippen LogP contribution in [-0.4, -0.2) is 109 Å². The van der Waals surface area contributed by atoms with Gasteiger partial charge in [0.2, 0.25) is 11.7 Å². The minimum atomic E-state index is -1.43. The number of piperidine rings is 1. The van der Waals surface area contributed by atoms with Gasteiger partial charge < -0.3 is 43.9 Å². The number of rotatable bonds is 20. The number of esters is 2. The highest BCUT2D eigenvalue weighted by molar-refractivity contribution is 6.38. The molecule has 1 heterocycles. The second kappa shape index (κ2) is 22.4. The molecule has 0 spiro atoms. The molecule has 328 valence electrons. The number of carboxylic acid groups (broad SMARTS) is 1. The maximum absolute atomic E-state index is 14.1. The number of aliphatic carboxylic acids is 1. The first-order valence-electron chi connectivity index (χ1n) is 19.9. The Morgan fingerprint density at radius 1 is 0.950 bits per heavy atom. The van der Waals surface area contributed by atoms with Crippen LogP contribution in [0.3, 0.4) is 0 Å². The number of hydrogen-bond donors (Lipinski definition) is 2. The van der Waals surface area contributed by atoms with E-state index in [4.69, 9.17) is 28.8 Å². The van der Waals surface area contributed by atoms with Crippen LogP contribution < -0.4 is 14.8 Å². The number of methoxy groups -OCH3 is 2. The number of hydrogen-bond acceptors (Lipinski definition) is 12. The van der Waals surface area contributed by atoms with E-state index in [-0.39, 0.29) is 38.8 Å². The summed E-state index contributed by atoms with van der Waals surface area (Å²) in [6.45, 7) is 8.27. The Labute approximate surface area is 351 Å². The summed E-state index contributed by atoms with van der Waals surface area (Å²) in [5, 5.41) is 11.7. The number of ketones is 1. The van der Waals surface area contributed by atoms with Crippen molar-refractivity contribution in [1.29, 1.82) is 0 Å². The molecule has 2 atom stereocenters. The van der Waals surface area contributed by atoms with E-state index in [2.05, 4.69) is 5.32 Å². The molecule has 2 N–H and O–H groups in total. The van der Waals surface area contributed by atoms with Crippen molar-refractivity contribution in [2.24, 2.45) is 5.41 Å². The smallest absolute Gasteiger partial charge is 0.410 e. The van der Waals surface area contributed by atoms with Gasteiger partial charge in [-0.3, -0.25) is 19.2 Å². The van der Waals surface area contributed by atoms with Crippen LogP contribution in [0, 0.1) is 5.41 Å². The minimum Gasteiger partial charge on any atom is -0.493 e. The van der Waals surface area contributed by atoms with Gasteiger partial charge in [-0.25, -0.2) is 14.4 Å². The molecule has 1 saturated heterocycles. The first kappa shape index (κ1) is 48.4. The topological polar surface area (TPSA) is 204 Å². The number of nitrogens with zero attached hydrogens (tertiary/aromatic N) is 2. The molecule has 16 heteroatoms. The van der Waals surface area contributed by atoms with Gasteiger partial charge in [0.15, 0.2) is 11.5 Å². The number of ether oxygens (including phenoxy) is 5. The van der Waals surface area contributed by atoms with E-state index in [9.17, 15) is 33.6 Å². The molecule has 0 aliphatic carbocycles. The van der Waals surface area contributed by atoms with Crippen molar-refractivity contribution >= 4 is 47.3 Å². The number of carbonyl (C=O) groups excluding carboxylic acids is 6. The second-order valence-electron chi connectivity index (χ2n) is 16.1. The van der Waals surface area contributed by atoms with Crippen molar-refractivity contribution in [2.45, 2.75) is 104 Å². The standard InChI is InChI=1S/C44H59N3O13/c1-43(2,3)60-42(55)46(6)24-11-10-17-38(51)58-28-44(4,5)39(52)40(53)47-25-12-9-16-32(47)41(54)59-33(20-18-29-19-21-34(56-7)35(26-29)57-8)30-14-13-15-31(27-30)45-36(48)22-23-37(49)50/h10,13-15,17,19,21,26-27,32-33H,9,11-12,16,18,20,22-25,28H2,1-8H3,(H,45,48)(H,49,50)/b17-10+/t32-,33+/m0/s1. The quantitative estimate of drug-likeness (QED) is 0.0675. The molecular weight excluding hydrogens is 778 g/mol. The van der Waals surface area contributed by atoms with Gasteiger partial charge in [-0.2, -0.15) is 0 Å². The number of carboxylic acids is 1. The summed E-state index contributed by atoms with van der Waals surface area (Å²) in [7, 11) is 4.63. The van der Waals surface area contributed by atoms with Gasteiger partial charge in [0.05, 0.1) is 26.1 Å².